The molecule has 0 saturated heterocycles. The van der Waals surface area contributed by atoms with Gasteiger partial charge in [-0.25, -0.2) is 4.79 Å². The minimum atomic E-state index is -1.41. The Labute approximate surface area is 105 Å². The van der Waals surface area contributed by atoms with E-state index in [4.69, 9.17) is 9.84 Å². The van der Waals surface area contributed by atoms with Crippen LogP contribution in [-0.2, 0) is 0 Å². The van der Waals surface area contributed by atoms with E-state index >= 15 is 0 Å². The highest BCUT2D eigenvalue weighted by molar-refractivity contribution is 5.95. The van der Waals surface area contributed by atoms with Crippen molar-refractivity contribution >= 4 is 22.6 Å². The van der Waals surface area contributed by atoms with Gasteiger partial charge in [0, 0.05) is 6.20 Å². The highest BCUT2D eigenvalue weighted by Gasteiger charge is 2.20. The van der Waals surface area contributed by atoms with Crippen molar-refractivity contribution in [3.05, 3.63) is 44.2 Å². The zero-order chi connectivity index (χ0) is 14.2. The molecule has 2 N–H and O–H groups in total. The number of aromatic amines is 1. The van der Waals surface area contributed by atoms with Crippen LogP contribution in [0.3, 0.4) is 0 Å². The van der Waals surface area contributed by atoms with Crippen LogP contribution >= 0.6 is 0 Å². The second-order valence-electron chi connectivity index (χ2n) is 3.66. The Hall–Kier alpha value is -2.90. The highest BCUT2D eigenvalue weighted by Crippen LogP contribution is 2.27. The van der Waals surface area contributed by atoms with Gasteiger partial charge in [-0.2, -0.15) is 0 Å². The average Bonchev–Trinajstić information content (AvgIpc) is 2.37. The fourth-order valence-corrected chi connectivity index (χ4v) is 1.71. The molecule has 0 unspecified atom stereocenters. The summed E-state index contributed by atoms with van der Waals surface area (Å²) in [5, 5.41) is 19.7. The van der Waals surface area contributed by atoms with Gasteiger partial charge in [-0.1, -0.05) is 0 Å². The fraction of sp³-hybridized carbons (Fsp3) is 0.0909. The number of ether oxygens (including phenoxy) is 1. The molecule has 0 atom stereocenters. The summed E-state index contributed by atoms with van der Waals surface area (Å²) in [5.41, 5.74) is -1.69. The van der Waals surface area contributed by atoms with Crippen LogP contribution in [-0.4, -0.2) is 28.1 Å². The minimum Gasteiger partial charge on any atom is -0.496 e. The summed E-state index contributed by atoms with van der Waals surface area (Å²) in [7, 11) is 1.29. The first-order chi connectivity index (χ1) is 8.95. The number of hydrogen-bond donors (Lipinski definition) is 2. The molecule has 2 aromatic rings. The van der Waals surface area contributed by atoms with Gasteiger partial charge < -0.3 is 14.8 Å². The Morgan fingerprint density at radius 1 is 1.47 bits per heavy atom. The molecule has 8 heteroatoms. The molecule has 1 aromatic heterocycles. The number of rotatable bonds is 3. The molecule has 0 radical (unpaired) electrons. The number of carboxylic acid groups (broad SMARTS) is 1. The van der Waals surface area contributed by atoms with Gasteiger partial charge >= 0.3 is 5.97 Å². The van der Waals surface area contributed by atoms with Gasteiger partial charge in [0.15, 0.2) is 0 Å². The second-order valence-corrected chi connectivity index (χ2v) is 3.66. The average molecular weight is 264 g/mol. The highest BCUT2D eigenvalue weighted by atomic mass is 16.6. The number of benzene rings is 1. The maximum absolute atomic E-state index is 11.9. The van der Waals surface area contributed by atoms with E-state index in [1.165, 1.54) is 13.2 Å². The topological polar surface area (TPSA) is 123 Å². The predicted octanol–water partition coefficient (Wildman–Crippen LogP) is 1.14. The van der Waals surface area contributed by atoms with E-state index in [0.29, 0.717) is 0 Å². The Bertz CT molecular complexity index is 749. The van der Waals surface area contributed by atoms with E-state index in [9.17, 15) is 19.7 Å². The zero-order valence-corrected chi connectivity index (χ0v) is 9.67. The number of aromatic nitrogens is 1. The van der Waals surface area contributed by atoms with Crippen molar-refractivity contribution in [2.24, 2.45) is 0 Å². The van der Waals surface area contributed by atoms with E-state index in [1.807, 2.05) is 0 Å². The first kappa shape index (κ1) is 12.6. The number of carbonyl (C=O) groups is 1. The van der Waals surface area contributed by atoms with Crippen LogP contribution in [0.4, 0.5) is 5.69 Å². The summed E-state index contributed by atoms with van der Waals surface area (Å²) in [6, 6.07) is 2.41. The molecule has 0 aliphatic rings. The first-order valence-corrected chi connectivity index (χ1v) is 5.07. The molecule has 0 fully saturated rings. The van der Waals surface area contributed by atoms with Gasteiger partial charge in [0.25, 0.3) is 5.69 Å². The lowest BCUT2D eigenvalue weighted by atomic mass is 10.1. The molecule has 1 aromatic carbocycles. The largest absolute Gasteiger partial charge is 0.496 e. The van der Waals surface area contributed by atoms with E-state index in [0.717, 1.165) is 12.3 Å². The van der Waals surface area contributed by atoms with E-state index in [-0.39, 0.29) is 22.3 Å². The number of carboxylic acids is 1. The maximum atomic E-state index is 11.9. The third kappa shape index (κ3) is 1.99. The molecular weight excluding hydrogens is 256 g/mol. The smallest absolute Gasteiger partial charge is 0.341 e. The molecule has 0 saturated carbocycles. The molecule has 0 spiro atoms. The van der Waals surface area contributed by atoms with Crippen LogP contribution < -0.4 is 10.2 Å². The lowest BCUT2D eigenvalue weighted by Crippen LogP contribution is -2.15. The Morgan fingerprint density at radius 3 is 2.68 bits per heavy atom. The summed E-state index contributed by atoms with van der Waals surface area (Å²) in [6.45, 7) is 0. The fourth-order valence-electron chi connectivity index (χ4n) is 1.71. The Morgan fingerprint density at radius 2 is 2.16 bits per heavy atom. The number of nitro benzene ring substituents is 1. The number of methoxy groups -OCH3 is 1. The summed E-state index contributed by atoms with van der Waals surface area (Å²) in [6.07, 6.45) is 0.937. The number of non-ortho nitro benzene ring substituents is 1. The van der Waals surface area contributed by atoms with Gasteiger partial charge in [0.2, 0.25) is 5.43 Å². The molecular formula is C11H8N2O6. The molecule has 0 bridgehead atoms. The molecule has 0 aliphatic carbocycles. The third-order valence-corrected chi connectivity index (χ3v) is 2.60. The van der Waals surface area contributed by atoms with Crippen LogP contribution in [0.1, 0.15) is 10.4 Å². The number of aromatic carboxylic acids is 1. The second kappa shape index (κ2) is 4.41. The van der Waals surface area contributed by atoms with Crippen molar-refractivity contribution in [3.63, 3.8) is 0 Å². The number of nitrogens with zero attached hydrogens (tertiary/aromatic N) is 1. The summed E-state index contributed by atoms with van der Waals surface area (Å²) >= 11 is 0. The molecule has 1 heterocycles. The Balaban J connectivity index is 2.94. The number of nitro groups is 1. The third-order valence-electron chi connectivity index (χ3n) is 2.60. The number of pyridine rings is 1. The predicted molar refractivity (Wildman–Crippen MR) is 64.7 cm³/mol. The van der Waals surface area contributed by atoms with Crippen molar-refractivity contribution in [3.8, 4) is 5.75 Å². The quantitative estimate of drug-likeness (QED) is 0.633. The number of hydrogen-bond acceptors (Lipinski definition) is 5. The number of nitrogens with one attached hydrogen (secondary N) is 1. The summed E-state index contributed by atoms with van der Waals surface area (Å²) in [5.74, 6) is -1.30. The lowest BCUT2D eigenvalue weighted by Gasteiger charge is -2.04. The summed E-state index contributed by atoms with van der Waals surface area (Å²) < 4.78 is 4.86. The number of fused-ring (bicyclic) bond motifs is 1. The van der Waals surface area contributed by atoms with Crippen molar-refractivity contribution in [1.82, 2.24) is 4.98 Å². The molecule has 0 aliphatic heterocycles. The monoisotopic (exact) mass is 264 g/mol. The van der Waals surface area contributed by atoms with E-state index in [1.54, 1.807) is 0 Å². The van der Waals surface area contributed by atoms with Crippen molar-refractivity contribution in [1.29, 1.82) is 0 Å². The molecule has 19 heavy (non-hydrogen) atoms. The van der Waals surface area contributed by atoms with Crippen molar-refractivity contribution in [2.45, 2.75) is 0 Å². The molecule has 98 valence electrons. The van der Waals surface area contributed by atoms with Gasteiger partial charge in [0.1, 0.15) is 16.8 Å². The van der Waals surface area contributed by atoms with Gasteiger partial charge in [-0.15, -0.1) is 0 Å². The van der Waals surface area contributed by atoms with Crippen LogP contribution in [0.5, 0.6) is 5.75 Å². The lowest BCUT2D eigenvalue weighted by molar-refractivity contribution is -0.383. The van der Waals surface area contributed by atoms with Crippen LogP contribution in [0.25, 0.3) is 10.9 Å². The molecule has 0 amide bonds. The molecule has 2 rings (SSSR count). The molecule has 8 nitrogen and oxygen atoms in total. The van der Waals surface area contributed by atoms with E-state index in [2.05, 4.69) is 4.98 Å². The van der Waals surface area contributed by atoms with Crippen LogP contribution in [0.2, 0.25) is 0 Å². The first-order valence-electron chi connectivity index (χ1n) is 5.07. The normalized spacial score (nSPS) is 10.4. The Kier molecular flexibility index (Phi) is 2.91. The summed E-state index contributed by atoms with van der Waals surface area (Å²) in [4.78, 5) is 35.5. The minimum absolute atomic E-state index is 0.0409. The SMILES string of the molecule is COc1cc([N+](=O)[O-])c2[nH]cc(C(=O)O)c(=O)c2c1. The maximum Gasteiger partial charge on any atom is 0.341 e. The van der Waals surface area contributed by atoms with Crippen LogP contribution in [0.15, 0.2) is 23.1 Å². The van der Waals surface area contributed by atoms with Crippen molar-refractivity contribution < 1.29 is 19.6 Å². The van der Waals surface area contributed by atoms with Gasteiger partial charge in [0.05, 0.1) is 23.5 Å². The van der Waals surface area contributed by atoms with E-state index < -0.39 is 21.9 Å². The number of H-pyrrole nitrogens is 1. The van der Waals surface area contributed by atoms with Gasteiger partial charge in [-0.3, -0.25) is 14.9 Å². The van der Waals surface area contributed by atoms with Gasteiger partial charge in [-0.05, 0) is 6.07 Å². The van der Waals surface area contributed by atoms with Crippen LogP contribution in [0, 0.1) is 10.1 Å². The standard InChI is InChI=1S/C11H8N2O6/c1-19-5-2-6-9(8(3-5)13(17)18)12-4-7(10(6)14)11(15)16/h2-4H,1H3,(H,12,14)(H,15,16). The van der Waals surface area contributed by atoms with Crippen molar-refractivity contribution in [2.75, 3.05) is 7.11 Å². The zero-order valence-electron chi connectivity index (χ0n) is 9.67.